The first-order valence-electron chi connectivity index (χ1n) is 8.66. The van der Waals surface area contributed by atoms with Crippen molar-refractivity contribution in [2.45, 2.75) is 18.5 Å². The lowest BCUT2D eigenvalue weighted by Gasteiger charge is -2.35. The normalized spacial score (nSPS) is 20.8. The van der Waals surface area contributed by atoms with Crippen molar-refractivity contribution in [3.05, 3.63) is 54.1 Å². The molecule has 0 spiro atoms. The van der Waals surface area contributed by atoms with Gasteiger partial charge in [0.2, 0.25) is 0 Å². The number of urea groups is 1. The number of ether oxygens (including phenoxy) is 1. The number of nitrogens with one attached hydrogen (secondary N) is 1. The van der Waals surface area contributed by atoms with Crippen LogP contribution >= 0.6 is 0 Å². The number of likely N-dealkylation sites (tertiary alicyclic amines) is 1. The number of piperazine rings is 1. The van der Waals surface area contributed by atoms with Gasteiger partial charge in [-0.1, -0.05) is 0 Å². The number of hydrogen-bond donors (Lipinski definition) is 1. The summed E-state index contributed by atoms with van der Waals surface area (Å²) < 4.78 is 5.22. The van der Waals surface area contributed by atoms with Crippen LogP contribution in [0.2, 0.25) is 0 Å². The largest absolute Gasteiger partial charge is 0.497 e. The third-order valence-corrected chi connectivity index (χ3v) is 5.17. The van der Waals surface area contributed by atoms with E-state index >= 15 is 0 Å². The lowest BCUT2D eigenvalue weighted by atomic mass is 10.2. The summed E-state index contributed by atoms with van der Waals surface area (Å²) in [5.41, 5.74) is 2.47. The molecule has 0 aliphatic carbocycles. The Morgan fingerprint density at radius 1 is 1.12 bits per heavy atom. The summed E-state index contributed by atoms with van der Waals surface area (Å²) in [6, 6.07) is 17.6. The van der Waals surface area contributed by atoms with Crippen molar-refractivity contribution in [2.75, 3.05) is 30.4 Å². The highest BCUT2D eigenvalue weighted by Crippen LogP contribution is 2.35. The first-order valence-corrected chi connectivity index (χ1v) is 8.66. The molecule has 2 amide bonds. The predicted octanol–water partition coefficient (Wildman–Crippen LogP) is 3.06. The maximum absolute atomic E-state index is 12.6. The minimum atomic E-state index is -0.0726. The van der Waals surface area contributed by atoms with Crippen LogP contribution in [0.4, 0.5) is 16.2 Å². The number of amides is 2. The predicted molar refractivity (Wildman–Crippen MR) is 99.4 cm³/mol. The van der Waals surface area contributed by atoms with E-state index in [0.29, 0.717) is 17.3 Å². The number of methoxy groups -OCH3 is 1. The number of anilines is 2. The molecule has 26 heavy (non-hydrogen) atoms. The van der Waals surface area contributed by atoms with E-state index in [1.165, 1.54) is 5.69 Å². The van der Waals surface area contributed by atoms with Crippen LogP contribution in [0, 0.1) is 11.3 Å². The van der Waals surface area contributed by atoms with Crippen LogP contribution in [0.25, 0.3) is 0 Å². The Morgan fingerprint density at radius 2 is 1.85 bits per heavy atom. The second kappa shape index (κ2) is 6.60. The Kier molecular flexibility index (Phi) is 4.13. The zero-order valence-corrected chi connectivity index (χ0v) is 14.6. The molecule has 1 N–H and O–H groups in total. The van der Waals surface area contributed by atoms with Crippen molar-refractivity contribution in [1.82, 2.24) is 4.90 Å². The third-order valence-electron chi connectivity index (χ3n) is 5.17. The molecule has 2 heterocycles. The van der Waals surface area contributed by atoms with Gasteiger partial charge < -0.3 is 19.9 Å². The number of carbonyl (C=O) groups excluding carboxylic acids is 1. The molecule has 6 heteroatoms. The van der Waals surface area contributed by atoms with Crippen LogP contribution in [-0.2, 0) is 0 Å². The van der Waals surface area contributed by atoms with Crippen LogP contribution in [-0.4, -0.2) is 43.2 Å². The second-order valence-electron chi connectivity index (χ2n) is 6.67. The third kappa shape index (κ3) is 2.93. The number of fused-ring (bicyclic) bond motifs is 2. The number of nitriles is 1. The molecule has 2 aromatic rings. The fourth-order valence-electron chi connectivity index (χ4n) is 3.83. The fraction of sp³-hybridized carbons (Fsp3) is 0.300. The monoisotopic (exact) mass is 348 g/mol. The fourth-order valence-corrected chi connectivity index (χ4v) is 3.83. The summed E-state index contributed by atoms with van der Waals surface area (Å²) in [5, 5.41) is 11.8. The molecule has 2 aliphatic rings. The topological polar surface area (TPSA) is 68.6 Å². The average Bonchev–Trinajstić information content (AvgIpc) is 3.29. The average molecular weight is 348 g/mol. The van der Waals surface area contributed by atoms with Crippen LogP contribution in [0.15, 0.2) is 48.5 Å². The van der Waals surface area contributed by atoms with Gasteiger partial charge in [-0.15, -0.1) is 0 Å². The van der Waals surface area contributed by atoms with Gasteiger partial charge in [0.05, 0.1) is 24.8 Å². The van der Waals surface area contributed by atoms with Gasteiger partial charge in [-0.3, -0.25) is 0 Å². The van der Waals surface area contributed by atoms with Crippen LogP contribution in [0.3, 0.4) is 0 Å². The molecule has 2 atom stereocenters. The Labute approximate surface area is 152 Å². The Morgan fingerprint density at radius 3 is 2.42 bits per heavy atom. The maximum atomic E-state index is 12.6. The van der Waals surface area contributed by atoms with Gasteiger partial charge in [-0.05, 0) is 55.0 Å². The highest BCUT2D eigenvalue weighted by atomic mass is 16.5. The highest BCUT2D eigenvalue weighted by molar-refractivity contribution is 5.90. The van der Waals surface area contributed by atoms with E-state index in [0.717, 1.165) is 25.3 Å². The van der Waals surface area contributed by atoms with Gasteiger partial charge in [-0.2, -0.15) is 5.26 Å². The maximum Gasteiger partial charge on any atom is 0.322 e. The number of benzene rings is 2. The molecular weight excluding hydrogens is 328 g/mol. The minimum Gasteiger partial charge on any atom is -0.497 e. The Bertz CT molecular complexity index is 842. The molecule has 2 aliphatic heterocycles. The number of carbonyl (C=O) groups is 1. The zero-order valence-electron chi connectivity index (χ0n) is 14.6. The van der Waals surface area contributed by atoms with Crippen molar-refractivity contribution >= 4 is 17.4 Å². The number of nitrogens with zero attached hydrogens (tertiary/aromatic N) is 3. The summed E-state index contributed by atoms with van der Waals surface area (Å²) in [5.74, 6) is 0.849. The number of hydrogen-bond acceptors (Lipinski definition) is 4. The number of rotatable bonds is 3. The quantitative estimate of drug-likeness (QED) is 0.926. The molecule has 6 nitrogen and oxygen atoms in total. The van der Waals surface area contributed by atoms with E-state index in [1.54, 1.807) is 31.4 Å². The van der Waals surface area contributed by atoms with Gasteiger partial charge in [0.25, 0.3) is 0 Å². The molecule has 2 aromatic carbocycles. The van der Waals surface area contributed by atoms with Crippen molar-refractivity contribution in [3.63, 3.8) is 0 Å². The van der Waals surface area contributed by atoms with Gasteiger partial charge >= 0.3 is 6.03 Å². The van der Waals surface area contributed by atoms with Gasteiger partial charge in [-0.25, -0.2) is 4.79 Å². The zero-order chi connectivity index (χ0) is 18.1. The molecule has 2 saturated heterocycles. The summed E-state index contributed by atoms with van der Waals surface area (Å²) in [4.78, 5) is 16.9. The van der Waals surface area contributed by atoms with E-state index in [9.17, 15) is 4.79 Å². The molecule has 0 saturated carbocycles. The molecule has 2 bridgehead atoms. The van der Waals surface area contributed by atoms with Crippen molar-refractivity contribution in [2.24, 2.45) is 0 Å². The van der Waals surface area contributed by atoms with E-state index in [2.05, 4.69) is 28.4 Å². The summed E-state index contributed by atoms with van der Waals surface area (Å²) in [6.07, 6.45) is 0.993. The second-order valence-corrected chi connectivity index (χ2v) is 6.67. The first kappa shape index (κ1) is 16.3. The minimum absolute atomic E-state index is 0.0726. The Hall–Kier alpha value is -3.20. The van der Waals surface area contributed by atoms with Gasteiger partial charge in [0.15, 0.2) is 0 Å². The summed E-state index contributed by atoms with van der Waals surface area (Å²) in [6.45, 7) is 1.57. The lowest BCUT2D eigenvalue weighted by molar-refractivity contribution is 0.202. The van der Waals surface area contributed by atoms with E-state index < -0.39 is 0 Å². The molecule has 0 aromatic heterocycles. The van der Waals surface area contributed by atoms with Gasteiger partial charge in [0, 0.05) is 30.5 Å². The van der Waals surface area contributed by atoms with Crippen molar-refractivity contribution < 1.29 is 9.53 Å². The van der Waals surface area contributed by atoms with E-state index in [1.807, 2.05) is 17.0 Å². The highest BCUT2D eigenvalue weighted by Gasteiger charge is 2.45. The summed E-state index contributed by atoms with van der Waals surface area (Å²) >= 11 is 0. The standard InChI is InChI=1S/C20H20N4O2/c1-26-19-8-6-16(7-9-19)23-12-18-10-17(23)13-24(18)20(25)22-15-4-2-14(11-21)3-5-15/h2-9,17-18H,10,12-13H2,1H3,(H,22,25)/t17-,18-/m1/s1. The van der Waals surface area contributed by atoms with E-state index in [-0.39, 0.29) is 12.1 Å². The molecule has 132 valence electrons. The summed E-state index contributed by atoms with van der Waals surface area (Å²) in [7, 11) is 1.66. The van der Waals surface area contributed by atoms with Crippen LogP contribution in [0.1, 0.15) is 12.0 Å². The SMILES string of the molecule is COc1ccc(N2C[C@H]3C[C@@H]2CN3C(=O)Nc2ccc(C#N)cc2)cc1. The molecule has 0 unspecified atom stereocenters. The van der Waals surface area contributed by atoms with Gasteiger partial charge in [0.1, 0.15) is 5.75 Å². The van der Waals surface area contributed by atoms with Crippen LogP contribution < -0.4 is 15.0 Å². The van der Waals surface area contributed by atoms with Crippen molar-refractivity contribution in [3.8, 4) is 11.8 Å². The van der Waals surface area contributed by atoms with Crippen molar-refractivity contribution in [1.29, 1.82) is 5.26 Å². The molecule has 4 rings (SSSR count). The molecule has 2 fully saturated rings. The molecule has 0 radical (unpaired) electrons. The first-order chi connectivity index (χ1) is 12.7. The van der Waals surface area contributed by atoms with E-state index in [4.69, 9.17) is 10.00 Å². The molecular formula is C20H20N4O2. The lowest BCUT2D eigenvalue weighted by Crippen LogP contribution is -2.50. The Balaban J connectivity index is 1.39. The van der Waals surface area contributed by atoms with Crippen LogP contribution in [0.5, 0.6) is 5.75 Å². The smallest absolute Gasteiger partial charge is 0.322 e.